The summed E-state index contributed by atoms with van der Waals surface area (Å²) < 4.78 is 27.7. The molecule has 3 aliphatic rings. The number of nitrogens with two attached hydrogens (primary N) is 1. The summed E-state index contributed by atoms with van der Waals surface area (Å²) in [5, 5.41) is 9.83. The molecule has 1 atom stereocenters. The fourth-order valence-corrected chi connectivity index (χ4v) is 8.78. The molecule has 0 bridgehead atoms. The number of piperidine rings is 1. The molecule has 1 aliphatic heterocycles. The Balaban J connectivity index is 1.54. The summed E-state index contributed by atoms with van der Waals surface area (Å²) in [5.74, 6) is -0.469. The average Bonchev–Trinajstić information content (AvgIpc) is 3.27. The van der Waals surface area contributed by atoms with Gasteiger partial charge in [-0.05, 0) is 87.7 Å². The van der Waals surface area contributed by atoms with Crippen LogP contribution in [0.25, 0.3) is 0 Å². The SMILES string of the molecule is Nc1ccccc1NC(=O)C1(S(=O)(=O)c2ccccc2NC2CCCCC2)CCC2(CCNCC2)C1. The quantitative estimate of drug-likeness (QED) is 0.418. The molecular formula is C28H38N4O3S. The maximum Gasteiger partial charge on any atom is 0.246 e. The van der Waals surface area contributed by atoms with Gasteiger partial charge in [-0.2, -0.15) is 0 Å². The Labute approximate surface area is 214 Å². The monoisotopic (exact) mass is 510 g/mol. The first-order chi connectivity index (χ1) is 17.4. The van der Waals surface area contributed by atoms with Gasteiger partial charge < -0.3 is 21.7 Å². The number of carbonyl (C=O) groups is 1. The number of carbonyl (C=O) groups excluding carboxylic acids is 1. The molecule has 5 rings (SSSR count). The molecule has 194 valence electrons. The summed E-state index contributed by atoms with van der Waals surface area (Å²) in [4.78, 5) is 14.3. The summed E-state index contributed by atoms with van der Waals surface area (Å²) in [6.07, 6.45) is 8.71. The lowest BCUT2D eigenvalue weighted by Gasteiger charge is -2.36. The molecule has 0 aromatic heterocycles. The molecule has 36 heavy (non-hydrogen) atoms. The Morgan fingerprint density at radius 3 is 2.28 bits per heavy atom. The molecule has 1 saturated heterocycles. The first kappa shape index (κ1) is 25.1. The van der Waals surface area contributed by atoms with Crippen molar-refractivity contribution in [1.82, 2.24) is 5.32 Å². The zero-order valence-corrected chi connectivity index (χ0v) is 21.7. The van der Waals surface area contributed by atoms with Crippen molar-refractivity contribution in [3.8, 4) is 0 Å². The van der Waals surface area contributed by atoms with Crippen LogP contribution in [-0.2, 0) is 14.6 Å². The molecule has 2 aromatic carbocycles. The Morgan fingerprint density at radius 1 is 0.889 bits per heavy atom. The largest absolute Gasteiger partial charge is 0.397 e. The predicted molar refractivity (Wildman–Crippen MR) is 145 cm³/mol. The summed E-state index contributed by atoms with van der Waals surface area (Å²) in [5.41, 5.74) is 7.46. The topological polar surface area (TPSA) is 113 Å². The van der Waals surface area contributed by atoms with Crippen molar-refractivity contribution in [2.45, 2.75) is 79.9 Å². The zero-order chi connectivity index (χ0) is 25.2. The highest BCUT2D eigenvalue weighted by Crippen LogP contribution is 2.55. The second-order valence-corrected chi connectivity index (χ2v) is 13.2. The third-order valence-corrected chi connectivity index (χ3v) is 11.2. The van der Waals surface area contributed by atoms with Crippen molar-refractivity contribution in [1.29, 1.82) is 0 Å². The van der Waals surface area contributed by atoms with Gasteiger partial charge in [0, 0.05) is 6.04 Å². The molecule has 5 N–H and O–H groups in total. The Kier molecular flexibility index (Phi) is 7.01. The second-order valence-electron chi connectivity index (χ2n) is 10.9. The van der Waals surface area contributed by atoms with Crippen LogP contribution in [0.5, 0.6) is 0 Å². The fraction of sp³-hybridized carbons (Fsp3) is 0.536. The van der Waals surface area contributed by atoms with Crippen LogP contribution in [0.15, 0.2) is 53.4 Å². The third-order valence-electron chi connectivity index (χ3n) is 8.66. The minimum Gasteiger partial charge on any atom is -0.397 e. The van der Waals surface area contributed by atoms with E-state index in [-0.39, 0.29) is 16.4 Å². The normalized spacial score (nSPS) is 24.4. The number of amides is 1. The van der Waals surface area contributed by atoms with Crippen LogP contribution in [-0.4, -0.2) is 38.2 Å². The van der Waals surface area contributed by atoms with Crippen LogP contribution in [0.1, 0.15) is 64.2 Å². The van der Waals surface area contributed by atoms with Crippen LogP contribution < -0.4 is 21.7 Å². The molecule has 2 aromatic rings. The molecular weight excluding hydrogens is 472 g/mol. The lowest BCUT2D eigenvalue weighted by molar-refractivity contribution is -0.118. The lowest BCUT2D eigenvalue weighted by atomic mass is 9.77. The summed E-state index contributed by atoms with van der Waals surface area (Å²) in [6.45, 7) is 1.70. The van der Waals surface area contributed by atoms with E-state index in [2.05, 4.69) is 16.0 Å². The van der Waals surface area contributed by atoms with E-state index in [0.29, 0.717) is 29.9 Å². The van der Waals surface area contributed by atoms with Crippen LogP contribution in [0.2, 0.25) is 0 Å². The van der Waals surface area contributed by atoms with Crippen molar-refractivity contribution in [2.75, 3.05) is 29.5 Å². The van der Waals surface area contributed by atoms with Crippen LogP contribution >= 0.6 is 0 Å². The number of benzene rings is 2. The Hall–Kier alpha value is -2.58. The molecule has 1 heterocycles. The maximum atomic E-state index is 14.6. The number of hydrogen-bond acceptors (Lipinski definition) is 6. The van der Waals surface area contributed by atoms with E-state index in [1.165, 1.54) is 6.42 Å². The van der Waals surface area contributed by atoms with E-state index >= 15 is 0 Å². The fourth-order valence-electron chi connectivity index (χ4n) is 6.52. The van der Waals surface area contributed by atoms with Gasteiger partial charge in [-0.15, -0.1) is 0 Å². The van der Waals surface area contributed by atoms with Crippen molar-refractivity contribution in [2.24, 2.45) is 5.41 Å². The first-order valence-electron chi connectivity index (χ1n) is 13.3. The maximum absolute atomic E-state index is 14.6. The van der Waals surface area contributed by atoms with Crippen LogP contribution in [0, 0.1) is 5.41 Å². The molecule has 1 spiro atoms. The number of nitrogen functional groups attached to an aromatic ring is 1. The van der Waals surface area contributed by atoms with Crippen molar-refractivity contribution < 1.29 is 13.2 Å². The van der Waals surface area contributed by atoms with Gasteiger partial charge in [0.15, 0.2) is 14.6 Å². The molecule has 8 heteroatoms. The highest BCUT2D eigenvalue weighted by Gasteiger charge is 2.60. The zero-order valence-electron chi connectivity index (χ0n) is 20.9. The molecule has 0 radical (unpaired) electrons. The van der Waals surface area contributed by atoms with Gasteiger partial charge in [0.2, 0.25) is 5.91 Å². The minimum absolute atomic E-state index is 0.149. The van der Waals surface area contributed by atoms with Gasteiger partial charge in [0.1, 0.15) is 0 Å². The van der Waals surface area contributed by atoms with Gasteiger partial charge in [-0.25, -0.2) is 8.42 Å². The van der Waals surface area contributed by atoms with Crippen molar-refractivity contribution in [3.05, 3.63) is 48.5 Å². The molecule has 3 fully saturated rings. The number of para-hydroxylation sites is 3. The first-order valence-corrected chi connectivity index (χ1v) is 14.8. The molecule has 2 aliphatic carbocycles. The second kappa shape index (κ2) is 10.1. The summed E-state index contributed by atoms with van der Waals surface area (Å²) >= 11 is 0. The van der Waals surface area contributed by atoms with E-state index in [9.17, 15) is 13.2 Å². The number of sulfone groups is 1. The molecule has 2 saturated carbocycles. The van der Waals surface area contributed by atoms with E-state index < -0.39 is 20.5 Å². The van der Waals surface area contributed by atoms with Gasteiger partial charge in [-0.3, -0.25) is 4.79 Å². The number of anilines is 3. The average molecular weight is 511 g/mol. The van der Waals surface area contributed by atoms with Gasteiger partial charge in [-0.1, -0.05) is 43.5 Å². The van der Waals surface area contributed by atoms with E-state index in [1.54, 1.807) is 36.4 Å². The highest BCUT2D eigenvalue weighted by molar-refractivity contribution is 7.93. The number of rotatable bonds is 6. The van der Waals surface area contributed by atoms with Crippen molar-refractivity contribution >= 4 is 32.8 Å². The smallest absolute Gasteiger partial charge is 0.246 e. The number of hydrogen-bond donors (Lipinski definition) is 4. The van der Waals surface area contributed by atoms with E-state index in [4.69, 9.17) is 5.73 Å². The lowest BCUT2D eigenvalue weighted by Crippen LogP contribution is -2.49. The van der Waals surface area contributed by atoms with Gasteiger partial charge in [0.25, 0.3) is 0 Å². The third kappa shape index (κ3) is 4.61. The van der Waals surface area contributed by atoms with E-state index in [1.807, 2.05) is 12.1 Å². The number of nitrogens with one attached hydrogen (secondary N) is 3. The van der Waals surface area contributed by atoms with Crippen LogP contribution in [0.4, 0.5) is 17.1 Å². The Morgan fingerprint density at radius 2 is 1.56 bits per heavy atom. The molecule has 7 nitrogen and oxygen atoms in total. The van der Waals surface area contributed by atoms with E-state index in [0.717, 1.165) is 58.0 Å². The predicted octanol–water partition coefficient (Wildman–Crippen LogP) is 4.72. The van der Waals surface area contributed by atoms with Gasteiger partial charge in [0.05, 0.1) is 22.0 Å². The minimum atomic E-state index is -4.03. The van der Waals surface area contributed by atoms with Gasteiger partial charge >= 0.3 is 0 Å². The molecule has 1 unspecified atom stereocenters. The summed E-state index contributed by atoms with van der Waals surface area (Å²) in [7, 11) is -4.03. The van der Waals surface area contributed by atoms with Crippen LogP contribution in [0.3, 0.4) is 0 Å². The summed E-state index contributed by atoms with van der Waals surface area (Å²) in [6, 6.07) is 14.4. The standard InChI is InChI=1S/C28H38N4O3S/c29-22-10-4-5-11-23(22)32-26(33)28(15-14-27(20-28)16-18-30-19-17-27)36(34,35)25-13-7-6-12-24(25)31-21-8-2-1-3-9-21/h4-7,10-13,21,30-31H,1-3,8-9,14-20,29H2,(H,32,33). The highest BCUT2D eigenvalue weighted by atomic mass is 32.2. The molecule has 1 amide bonds. The van der Waals surface area contributed by atoms with Crippen molar-refractivity contribution in [3.63, 3.8) is 0 Å². The Bertz CT molecular complexity index is 1200.